The first kappa shape index (κ1) is 11.6. The number of nitrogens with one attached hydrogen (secondary N) is 1. The number of nitrogens with zero attached hydrogens (tertiary/aromatic N) is 3. The lowest BCUT2D eigenvalue weighted by molar-refractivity contribution is 0.345. The van der Waals surface area contributed by atoms with Crippen molar-refractivity contribution < 1.29 is 0 Å². The Labute approximate surface area is 101 Å². The summed E-state index contributed by atoms with van der Waals surface area (Å²) in [7, 11) is 0. The molecule has 1 aliphatic heterocycles. The molecule has 1 aliphatic rings. The van der Waals surface area contributed by atoms with Crippen LogP contribution in [0.25, 0.3) is 0 Å². The number of anilines is 1. The van der Waals surface area contributed by atoms with Crippen LogP contribution in [0.4, 0.5) is 5.82 Å². The quantitative estimate of drug-likeness (QED) is 0.873. The van der Waals surface area contributed by atoms with Crippen molar-refractivity contribution in [1.82, 2.24) is 14.9 Å². The molecule has 1 saturated heterocycles. The van der Waals surface area contributed by atoms with Crippen LogP contribution in [0.2, 0.25) is 5.15 Å². The molecule has 1 fully saturated rings. The summed E-state index contributed by atoms with van der Waals surface area (Å²) < 4.78 is 0. The largest absolute Gasteiger partial charge is 0.368 e. The van der Waals surface area contributed by atoms with E-state index in [0.29, 0.717) is 11.1 Å². The van der Waals surface area contributed by atoms with Crippen LogP contribution in [0.3, 0.4) is 0 Å². The number of halogens is 1. The first-order chi connectivity index (χ1) is 7.78. The minimum Gasteiger partial charge on any atom is -0.368 e. The van der Waals surface area contributed by atoms with Crippen molar-refractivity contribution in [1.29, 1.82) is 0 Å². The molecule has 1 unspecified atom stereocenters. The standard InChI is InChI=1S/C11H17ClN4/c1-2-16-4-3-9(8-16)5-14-11-7-13-6-10(12)15-11/h6-7,9H,2-5,8H2,1H3,(H,14,15). The molecule has 2 heterocycles. The van der Waals surface area contributed by atoms with Gasteiger partial charge in [0.2, 0.25) is 0 Å². The minimum absolute atomic E-state index is 0.437. The first-order valence-electron chi connectivity index (χ1n) is 5.71. The molecule has 0 spiro atoms. The number of hydrogen-bond acceptors (Lipinski definition) is 4. The summed E-state index contributed by atoms with van der Waals surface area (Å²) in [6.07, 6.45) is 4.51. The Morgan fingerprint density at radius 3 is 3.12 bits per heavy atom. The maximum absolute atomic E-state index is 5.76. The van der Waals surface area contributed by atoms with Crippen LogP contribution in [-0.2, 0) is 0 Å². The maximum Gasteiger partial charge on any atom is 0.149 e. The molecule has 16 heavy (non-hydrogen) atoms. The van der Waals surface area contributed by atoms with Gasteiger partial charge in [-0.2, -0.15) is 0 Å². The second-order valence-corrected chi connectivity index (χ2v) is 4.54. The maximum atomic E-state index is 5.76. The molecule has 88 valence electrons. The Morgan fingerprint density at radius 1 is 1.56 bits per heavy atom. The van der Waals surface area contributed by atoms with Crippen molar-refractivity contribution in [3.63, 3.8) is 0 Å². The summed E-state index contributed by atoms with van der Waals surface area (Å²) >= 11 is 5.76. The number of rotatable bonds is 4. The molecule has 4 nitrogen and oxygen atoms in total. The van der Waals surface area contributed by atoms with Gasteiger partial charge in [0.15, 0.2) is 0 Å². The molecular weight excluding hydrogens is 224 g/mol. The Balaban J connectivity index is 1.80. The third-order valence-electron chi connectivity index (χ3n) is 2.99. The van der Waals surface area contributed by atoms with E-state index < -0.39 is 0 Å². The van der Waals surface area contributed by atoms with Gasteiger partial charge in [0.1, 0.15) is 11.0 Å². The smallest absolute Gasteiger partial charge is 0.149 e. The average molecular weight is 241 g/mol. The van der Waals surface area contributed by atoms with E-state index in [0.717, 1.165) is 18.9 Å². The van der Waals surface area contributed by atoms with Gasteiger partial charge in [-0.3, -0.25) is 4.98 Å². The molecule has 1 aromatic rings. The molecule has 0 bridgehead atoms. The molecule has 0 aliphatic carbocycles. The zero-order valence-electron chi connectivity index (χ0n) is 9.49. The van der Waals surface area contributed by atoms with Gasteiger partial charge in [-0.05, 0) is 25.4 Å². The van der Waals surface area contributed by atoms with Crippen molar-refractivity contribution in [3.8, 4) is 0 Å². The molecule has 0 radical (unpaired) electrons. The molecular formula is C11H17ClN4. The fourth-order valence-corrected chi connectivity index (χ4v) is 2.19. The van der Waals surface area contributed by atoms with E-state index in [9.17, 15) is 0 Å². The van der Waals surface area contributed by atoms with Gasteiger partial charge in [0, 0.05) is 13.1 Å². The number of likely N-dealkylation sites (tertiary alicyclic amines) is 1. The lowest BCUT2D eigenvalue weighted by Crippen LogP contribution is -2.22. The molecule has 0 saturated carbocycles. The zero-order chi connectivity index (χ0) is 11.4. The average Bonchev–Trinajstić information content (AvgIpc) is 2.74. The Kier molecular flexibility index (Phi) is 3.96. The Bertz CT molecular complexity index is 345. The second-order valence-electron chi connectivity index (χ2n) is 4.16. The fraction of sp³-hybridized carbons (Fsp3) is 0.636. The van der Waals surface area contributed by atoms with Gasteiger partial charge in [-0.25, -0.2) is 4.98 Å². The normalized spacial score (nSPS) is 21.2. The Hall–Kier alpha value is -0.870. The van der Waals surface area contributed by atoms with Gasteiger partial charge in [0.25, 0.3) is 0 Å². The number of hydrogen-bond donors (Lipinski definition) is 1. The van der Waals surface area contributed by atoms with Crippen molar-refractivity contribution in [2.24, 2.45) is 5.92 Å². The molecule has 1 N–H and O–H groups in total. The van der Waals surface area contributed by atoms with Crippen LogP contribution < -0.4 is 5.32 Å². The van der Waals surface area contributed by atoms with Crippen LogP contribution >= 0.6 is 11.6 Å². The molecule has 1 aromatic heterocycles. The lowest BCUT2D eigenvalue weighted by atomic mass is 10.1. The zero-order valence-corrected chi connectivity index (χ0v) is 10.2. The van der Waals surface area contributed by atoms with Crippen LogP contribution in [0.5, 0.6) is 0 Å². The summed E-state index contributed by atoms with van der Waals surface area (Å²) in [5.74, 6) is 1.48. The van der Waals surface area contributed by atoms with Crippen molar-refractivity contribution in [2.45, 2.75) is 13.3 Å². The van der Waals surface area contributed by atoms with E-state index in [2.05, 4.69) is 27.1 Å². The van der Waals surface area contributed by atoms with E-state index in [4.69, 9.17) is 11.6 Å². The van der Waals surface area contributed by atoms with E-state index in [-0.39, 0.29) is 0 Å². The van der Waals surface area contributed by atoms with Gasteiger partial charge in [-0.15, -0.1) is 0 Å². The van der Waals surface area contributed by atoms with E-state index in [1.807, 2.05) is 0 Å². The SMILES string of the molecule is CCN1CCC(CNc2cncc(Cl)n2)C1. The Morgan fingerprint density at radius 2 is 2.44 bits per heavy atom. The highest BCUT2D eigenvalue weighted by atomic mass is 35.5. The monoisotopic (exact) mass is 240 g/mol. The summed E-state index contributed by atoms with van der Waals surface area (Å²) in [5.41, 5.74) is 0. The van der Waals surface area contributed by atoms with Crippen LogP contribution in [0.1, 0.15) is 13.3 Å². The second kappa shape index (κ2) is 5.46. The third-order valence-corrected chi connectivity index (χ3v) is 3.18. The summed E-state index contributed by atoms with van der Waals surface area (Å²) in [6.45, 7) is 6.69. The van der Waals surface area contributed by atoms with E-state index in [1.54, 1.807) is 12.4 Å². The molecule has 5 heteroatoms. The van der Waals surface area contributed by atoms with Gasteiger partial charge in [-0.1, -0.05) is 18.5 Å². The predicted molar refractivity (Wildman–Crippen MR) is 65.8 cm³/mol. The van der Waals surface area contributed by atoms with Crippen LogP contribution in [-0.4, -0.2) is 41.0 Å². The number of aromatic nitrogens is 2. The lowest BCUT2D eigenvalue weighted by Gasteiger charge is -2.13. The van der Waals surface area contributed by atoms with Crippen LogP contribution in [0.15, 0.2) is 12.4 Å². The van der Waals surface area contributed by atoms with Gasteiger partial charge >= 0.3 is 0 Å². The van der Waals surface area contributed by atoms with Gasteiger partial charge in [0.05, 0.1) is 12.4 Å². The van der Waals surface area contributed by atoms with E-state index in [1.165, 1.54) is 19.5 Å². The molecule has 1 atom stereocenters. The van der Waals surface area contributed by atoms with Gasteiger partial charge < -0.3 is 10.2 Å². The first-order valence-corrected chi connectivity index (χ1v) is 6.09. The third kappa shape index (κ3) is 3.06. The summed E-state index contributed by atoms with van der Waals surface area (Å²) in [6, 6.07) is 0. The summed E-state index contributed by atoms with van der Waals surface area (Å²) in [5, 5.41) is 3.72. The topological polar surface area (TPSA) is 41.0 Å². The highest BCUT2D eigenvalue weighted by molar-refractivity contribution is 6.29. The minimum atomic E-state index is 0.437. The fourth-order valence-electron chi connectivity index (χ4n) is 2.04. The molecule has 2 rings (SSSR count). The van der Waals surface area contributed by atoms with E-state index >= 15 is 0 Å². The van der Waals surface area contributed by atoms with Crippen molar-refractivity contribution in [3.05, 3.63) is 17.5 Å². The highest BCUT2D eigenvalue weighted by Crippen LogP contribution is 2.16. The van der Waals surface area contributed by atoms with Crippen LogP contribution in [0, 0.1) is 5.92 Å². The molecule has 0 aromatic carbocycles. The molecule has 0 amide bonds. The van der Waals surface area contributed by atoms with Crippen molar-refractivity contribution in [2.75, 3.05) is 31.5 Å². The summed E-state index contributed by atoms with van der Waals surface area (Å²) in [4.78, 5) is 10.6. The van der Waals surface area contributed by atoms with Crippen molar-refractivity contribution >= 4 is 17.4 Å². The predicted octanol–water partition coefficient (Wildman–Crippen LogP) is 1.88. The highest BCUT2D eigenvalue weighted by Gasteiger charge is 2.20.